The third-order valence-corrected chi connectivity index (χ3v) is 5.83. The topological polar surface area (TPSA) is 71.3 Å². The van der Waals surface area contributed by atoms with E-state index in [0.29, 0.717) is 17.5 Å². The molecule has 146 valence electrons. The van der Waals surface area contributed by atoms with E-state index in [9.17, 15) is 4.79 Å². The molecule has 6 heteroatoms. The lowest BCUT2D eigenvalue weighted by Gasteiger charge is -2.32. The standard InChI is InChI=1S/C21H30N4O2/c1-3-5-17-19-16(12-18(15-6-7-15)23-20(19)27-24-17)21(26)25-10-8-14(9-11-25)13-22-4-2/h12,14-15,22H,3-11,13H2,1-2H3. The molecule has 2 aromatic heterocycles. The van der Waals surface area contributed by atoms with Crippen molar-refractivity contribution in [1.82, 2.24) is 20.4 Å². The molecule has 2 aromatic rings. The van der Waals surface area contributed by atoms with Gasteiger partial charge >= 0.3 is 0 Å². The summed E-state index contributed by atoms with van der Waals surface area (Å²) in [5.41, 5.74) is 3.14. The predicted molar refractivity (Wildman–Crippen MR) is 105 cm³/mol. The SMILES string of the molecule is CCCc1noc2nc(C3CC3)cc(C(=O)N3CCC(CNCC)CC3)c12. The van der Waals surface area contributed by atoms with E-state index in [1.807, 2.05) is 11.0 Å². The average Bonchev–Trinajstić information content (AvgIpc) is 3.48. The normalized spacial score (nSPS) is 18.4. The number of nitrogens with zero attached hydrogens (tertiary/aromatic N) is 3. The Bertz CT molecular complexity index is 804. The Morgan fingerprint density at radius 2 is 2.04 bits per heavy atom. The predicted octanol–water partition coefficient (Wildman–Crippen LogP) is 3.51. The summed E-state index contributed by atoms with van der Waals surface area (Å²) in [6.45, 7) is 7.96. The number of carbonyl (C=O) groups is 1. The second-order valence-electron chi connectivity index (χ2n) is 7.97. The minimum atomic E-state index is 0.117. The van der Waals surface area contributed by atoms with Crippen LogP contribution in [0.4, 0.5) is 0 Å². The highest BCUT2D eigenvalue weighted by Gasteiger charge is 2.31. The summed E-state index contributed by atoms with van der Waals surface area (Å²) in [6.07, 6.45) is 6.20. The van der Waals surface area contributed by atoms with E-state index < -0.39 is 0 Å². The molecule has 0 atom stereocenters. The van der Waals surface area contributed by atoms with Crippen molar-refractivity contribution in [2.24, 2.45) is 5.92 Å². The molecule has 1 saturated heterocycles. The number of piperidine rings is 1. The highest BCUT2D eigenvalue weighted by atomic mass is 16.5. The van der Waals surface area contributed by atoms with Crippen LogP contribution in [0.2, 0.25) is 0 Å². The Hall–Kier alpha value is -1.95. The van der Waals surface area contributed by atoms with E-state index in [4.69, 9.17) is 4.52 Å². The Labute approximate surface area is 160 Å². The molecule has 1 aliphatic carbocycles. The van der Waals surface area contributed by atoms with Crippen LogP contribution in [0.5, 0.6) is 0 Å². The second kappa shape index (κ2) is 7.97. The largest absolute Gasteiger partial charge is 0.339 e. The fourth-order valence-electron chi connectivity index (χ4n) is 4.05. The number of rotatable bonds is 7. The van der Waals surface area contributed by atoms with Crippen LogP contribution >= 0.6 is 0 Å². The number of hydrogen-bond donors (Lipinski definition) is 1. The molecule has 3 heterocycles. The van der Waals surface area contributed by atoms with Crippen molar-refractivity contribution >= 4 is 17.0 Å². The third-order valence-electron chi connectivity index (χ3n) is 5.83. The van der Waals surface area contributed by atoms with Gasteiger partial charge in [0, 0.05) is 24.7 Å². The van der Waals surface area contributed by atoms with E-state index in [1.165, 1.54) is 0 Å². The number of nitrogens with one attached hydrogen (secondary N) is 1. The maximum atomic E-state index is 13.4. The summed E-state index contributed by atoms with van der Waals surface area (Å²) in [6, 6.07) is 2.02. The number of aryl methyl sites for hydroxylation is 1. The van der Waals surface area contributed by atoms with Gasteiger partial charge in [0.05, 0.1) is 16.6 Å². The molecule has 0 unspecified atom stereocenters. The van der Waals surface area contributed by atoms with Gasteiger partial charge in [-0.15, -0.1) is 0 Å². The number of likely N-dealkylation sites (tertiary alicyclic amines) is 1. The Morgan fingerprint density at radius 3 is 2.70 bits per heavy atom. The minimum Gasteiger partial charge on any atom is -0.339 e. The van der Waals surface area contributed by atoms with Crippen LogP contribution in [0, 0.1) is 5.92 Å². The van der Waals surface area contributed by atoms with Crippen LogP contribution in [-0.4, -0.2) is 47.1 Å². The molecule has 0 radical (unpaired) electrons. The first-order valence-electron chi connectivity index (χ1n) is 10.5. The molecule has 6 nitrogen and oxygen atoms in total. The van der Waals surface area contributed by atoms with Gasteiger partial charge in [-0.25, -0.2) is 4.98 Å². The van der Waals surface area contributed by atoms with Crippen molar-refractivity contribution in [2.75, 3.05) is 26.2 Å². The van der Waals surface area contributed by atoms with Crippen molar-refractivity contribution in [2.45, 2.75) is 58.3 Å². The molecule has 2 aliphatic rings. The Kier molecular flexibility index (Phi) is 5.43. The van der Waals surface area contributed by atoms with Gasteiger partial charge < -0.3 is 14.7 Å². The van der Waals surface area contributed by atoms with Gasteiger partial charge in [-0.05, 0) is 57.2 Å². The number of fused-ring (bicyclic) bond motifs is 1. The number of carbonyl (C=O) groups excluding carboxylic acids is 1. The van der Waals surface area contributed by atoms with Gasteiger partial charge in [0.15, 0.2) is 0 Å². The quantitative estimate of drug-likeness (QED) is 0.807. The minimum absolute atomic E-state index is 0.117. The molecule has 1 aliphatic heterocycles. The van der Waals surface area contributed by atoms with E-state index in [2.05, 4.69) is 29.3 Å². The van der Waals surface area contributed by atoms with E-state index in [0.717, 1.165) is 87.0 Å². The molecule has 1 amide bonds. The molecule has 2 fully saturated rings. The van der Waals surface area contributed by atoms with Gasteiger partial charge in [-0.1, -0.05) is 25.4 Å². The Morgan fingerprint density at radius 1 is 1.26 bits per heavy atom. The van der Waals surface area contributed by atoms with Crippen LogP contribution in [0.1, 0.15) is 73.6 Å². The monoisotopic (exact) mass is 370 g/mol. The van der Waals surface area contributed by atoms with Crippen molar-refractivity contribution in [3.8, 4) is 0 Å². The lowest BCUT2D eigenvalue weighted by Crippen LogP contribution is -2.40. The number of pyridine rings is 1. The molecule has 0 bridgehead atoms. The Balaban J connectivity index is 1.59. The summed E-state index contributed by atoms with van der Waals surface area (Å²) in [4.78, 5) is 20.1. The molecule has 0 spiro atoms. The van der Waals surface area contributed by atoms with Crippen LogP contribution in [-0.2, 0) is 6.42 Å². The summed E-state index contributed by atoms with van der Waals surface area (Å²) in [7, 11) is 0. The van der Waals surface area contributed by atoms with Crippen molar-refractivity contribution in [1.29, 1.82) is 0 Å². The maximum Gasteiger partial charge on any atom is 0.259 e. The van der Waals surface area contributed by atoms with Gasteiger partial charge in [0.25, 0.3) is 11.6 Å². The highest BCUT2D eigenvalue weighted by molar-refractivity contribution is 6.06. The number of aromatic nitrogens is 2. The van der Waals surface area contributed by atoms with E-state index in [-0.39, 0.29) is 5.91 Å². The third kappa shape index (κ3) is 3.86. The molecular formula is C21H30N4O2. The molecule has 1 saturated carbocycles. The first kappa shape index (κ1) is 18.4. The van der Waals surface area contributed by atoms with E-state index in [1.54, 1.807) is 0 Å². The second-order valence-corrected chi connectivity index (χ2v) is 7.97. The summed E-state index contributed by atoms with van der Waals surface area (Å²) in [5.74, 6) is 1.26. The number of amides is 1. The zero-order chi connectivity index (χ0) is 18.8. The summed E-state index contributed by atoms with van der Waals surface area (Å²) in [5, 5.41) is 8.49. The summed E-state index contributed by atoms with van der Waals surface area (Å²) < 4.78 is 5.52. The van der Waals surface area contributed by atoms with Crippen LogP contribution in [0.15, 0.2) is 10.6 Å². The maximum absolute atomic E-state index is 13.4. The van der Waals surface area contributed by atoms with Gasteiger partial charge in [0.1, 0.15) is 0 Å². The fourth-order valence-corrected chi connectivity index (χ4v) is 4.05. The van der Waals surface area contributed by atoms with Crippen molar-refractivity contribution < 1.29 is 9.32 Å². The van der Waals surface area contributed by atoms with Gasteiger partial charge in [-0.2, -0.15) is 0 Å². The lowest BCUT2D eigenvalue weighted by molar-refractivity contribution is 0.0692. The average molecular weight is 370 g/mol. The lowest BCUT2D eigenvalue weighted by atomic mass is 9.95. The smallest absolute Gasteiger partial charge is 0.259 e. The molecule has 1 N–H and O–H groups in total. The van der Waals surface area contributed by atoms with Crippen molar-refractivity contribution in [3.63, 3.8) is 0 Å². The molecule has 4 rings (SSSR count). The first-order valence-corrected chi connectivity index (χ1v) is 10.5. The fraction of sp³-hybridized carbons (Fsp3) is 0.667. The van der Waals surface area contributed by atoms with Gasteiger partial charge in [-0.3, -0.25) is 4.79 Å². The summed E-state index contributed by atoms with van der Waals surface area (Å²) >= 11 is 0. The highest BCUT2D eigenvalue weighted by Crippen LogP contribution is 2.41. The first-order chi connectivity index (χ1) is 13.2. The van der Waals surface area contributed by atoms with Crippen LogP contribution < -0.4 is 5.32 Å². The van der Waals surface area contributed by atoms with Crippen LogP contribution in [0.25, 0.3) is 11.1 Å². The molecule has 0 aromatic carbocycles. The zero-order valence-corrected chi connectivity index (χ0v) is 16.5. The van der Waals surface area contributed by atoms with Crippen LogP contribution in [0.3, 0.4) is 0 Å². The molecule has 27 heavy (non-hydrogen) atoms. The van der Waals surface area contributed by atoms with Gasteiger partial charge in [0.2, 0.25) is 0 Å². The number of hydrogen-bond acceptors (Lipinski definition) is 5. The zero-order valence-electron chi connectivity index (χ0n) is 16.5. The van der Waals surface area contributed by atoms with E-state index >= 15 is 0 Å². The van der Waals surface area contributed by atoms with Crippen molar-refractivity contribution in [3.05, 3.63) is 23.0 Å². The molecular weight excluding hydrogens is 340 g/mol.